The minimum Gasteiger partial charge on any atom is -0.490 e. The number of halogens is 2. The van der Waals surface area contributed by atoms with Gasteiger partial charge >= 0.3 is 0 Å². The Hall–Kier alpha value is -3.59. The van der Waals surface area contributed by atoms with Crippen molar-refractivity contribution in [1.29, 1.82) is 0 Å². The molecule has 31 heavy (non-hydrogen) atoms. The summed E-state index contributed by atoms with van der Waals surface area (Å²) in [5.41, 5.74) is 5.45. The van der Waals surface area contributed by atoms with Crippen molar-refractivity contribution in [2.75, 3.05) is 13.2 Å². The molecule has 3 rings (SSSR count). The standard InChI is InChI=1S/C21H20ClFN4O4/c1-3-30-16-6-4-5-7-17(16)31-12-18(28)24-25-21(29)19-13(2)26-27(20(19)22)15-10-8-14(23)9-11-15/h4-11H,3,12H2,1-2H3,(H,24,28)(H,25,29). The molecule has 2 amide bonds. The lowest BCUT2D eigenvalue weighted by molar-refractivity contribution is -0.123. The van der Waals surface area contributed by atoms with Crippen LogP contribution in [0.15, 0.2) is 48.5 Å². The minimum atomic E-state index is -0.654. The van der Waals surface area contributed by atoms with Crippen molar-refractivity contribution in [3.63, 3.8) is 0 Å². The Bertz CT molecular complexity index is 1090. The molecule has 2 aromatic carbocycles. The molecule has 0 spiro atoms. The van der Waals surface area contributed by atoms with Crippen molar-refractivity contribution in [2.24, 2.45) is 0 Å². The molecule has 0 fully saturated rings. The van der Waals surface area contributed by atoms with Crippen LogP contribution in [0.1, 0.15) is 23.0 Å². The Morgan fingerprint density at radius 1 is 1.06 bits per heavy atom. The van der Waals surface area contributed by atoms with Crippen LogP contribution >= 0.6 is 11.6 Å². The quantitative estimate of drug-likeness (QED) is 0.543. The maximum atomic E-state index is 13.1. The molecule has 2 N–H and O–H groups in total. The maximum absolute atomic E-state index is 13.1. The van der Waals surface area contributed by atoms with E-state index in [9.17, 15) is 14.0 Å². The van der Waals surface area contributed by atoms with Crippen molar-refractivity contribution >= 4 is 23.4 Å². The Labute approximate surface area is 182 Å². The van der Waals surface area contributed by atoms with Crippen LogP contribution in [0.5, 0.6) is 11.5 Å². The fraction of sp³-hybridized carbons (Fsp3) is 0.190. The predicted molar refractivity (Wildman–Crippen MR) is 112 cm³/mol. The van der Waals surface area contributed by atoms with Gasteiger partial charge in [-0.05, 0) is 50.2 Å². The fourth-order valence-electron chi connectivity index (χ4n) is 2.72. The lowest BCUT2D eigenvalue weighted by Gasteiger charge is -2.12. The molecule has 0 unspecified atom stereocenters. The van der Waals surface area contributed by atoms with Gasteiger partial charge in [0.15, 0.2) is 18.1 Å². The zero-order chi connectivity index (χ0) is 22.4. The van der Waals surface area contributed by atoms with E-state index in [1.807, 2.05) is 6.92 Å². The SMILES string of the molecule is CCOc1ccccc1OCC(=O)NNC(=O)c1c(C)nn(-c2ccc(F)cc2)c1Cl. The first-order valence-electron chi connectivity index (χ1n) is 9.35. The summed E-state index contributed by atoms with van der Waals surface area (Å²) in [4.78, 5) is 24.6. The van der Waals surface area contributed by atoms with E-state index >= 15 is 0 Å². The molecule has 162 valence electrons. The first kappa shape index (κ1) is 22.1. The third-order valence-electron chi connectivity index (χ3n) is 4.13. The van der Waals surface area contributed by atoms with E-state index in [2.05, 4.69) is 16.0 Å². The summed E-state index contributed by atoms with van der Waals surface area (Å²) in [5, 5.41) is 4.24. The molecule has 8 nitrogen and oxygen atoms in total. The van der Waals surface area contributed by atoms with Crippen LogP contribution in [0.25, 0.3) is 5.69 Å². The number of aryl methyl sites for hydroxylation is 1. The number of hydrazine groups is 1. The smallest absolute Gasteiger partial charge is 0.276 e. The van der Waals surface area contributed by atoms with E-state index in [0.29, 0.717) is 29.5 Å². The van der Waals surface area contributed by atoms with E-state index in [0.717, 1.165) is 0 Å². The highest BCUT2D eigenvalue weighted by molar-refractivity contribution is 6.33. The van der Waals surface area contributed by atoms with Crippen LogP contribution in [-0.4, -0.2) is 34.8 Å². The second-order valence-electron chi connectivity index (χ2n) is 6.31. The molecule has 0 aliphatic heterocycles. The maximum Gasteiger partial charge on any atom is 0.276 e. The number of rotatable bonds is 7. The number of carbonyl (C=O) groups is 2. The van der Waals surface area contributed by atoms with Gasteiger partial charge in [0.25, 0.3) is 11.8 Å². The largest absolute Gasteiger partial charge is 0.490 e. The number of carbonyl (C=O) groups excluding carboxylic acids is 2. The highest BCUT2D eigenvalue weighted by Crippen LogP contribution is 2.26. The van der Waals surface area contributed by atoms with Gasteiger partial charge in [0, 0.05) is 0 Å². The second kappa shape index (κ2) is 9.94. The summed E-state index contributed by atoms with van der Waals surface area (Å²) in [7, 11) is 0. The summed E-state index contributed by atoms with van der Waals surface area (Å²) in [6, 6.07) is 12.4. The summed E-state index contributed by atoms with van der Waals surface area (Å²) < 4.78 is 25.3. The molecule has 0 atom stereocenters. The van der Waals surface area contributed by atoms with E-state index in [1.165, 1.54) is 28.9 Å². The van der Waals surface area contributed by atoms with Crippen LogP contribution in [0, 0.1) is 12.7 Å². The molecular weight excluding hydrogens is 427 g/mol. The topological polar surface area (TPSA) is 94.5 Å². The fourth-order valence-corrected chi connectivity index (χ4v) is 3.08. The number of benzene rings is 2. The highest BCUT2D eigenvalue weighted by atomic mass is 35.5. The van der Waals surface area contributed by atoms with Gasteiger partial charge in [-0.2, -0.15) is 5.10 Å². The Kier molecular flexibility index (Phi) is 7.09. The molecule has 0 radical (unpaired) electrons. The number of nitrogens with one attached hydrogen (secondary N) is 2. The van der Waals surface area contributed by atoms with Crippen molar-refractivity contribution in [2.45, 2.75) is 13.8 Å². The van der Waals surface area contributed by atoms with Gasteiger partial charge in [0.05, 0.1) is 18.0 Å². The Balaban J connectivity index is 1.61. The zero-order valence-electron chi connectivity index (χ0n) is 16.8. The summed E-state index contributed by atoms with van der Waals surface area (Å²) in [5.74, 6) is -0.725. The molecule has 0 aliphatic carbocycles. The van der Waals surface area contributed by atoms with Crippen LogP contribution < -0.4 is 20.3 Å². The normalized spacial score (nSPS) is 10.5. The minimum absolute atomic E-state index is 0.0257. The molecule has 10 heteroatoms. The molecular formula is C21H20ClFN4O4. The van der Waals surface area contributed by atoms with Gasteiger partial charge in [-0.25, -0.2) is 9.07 Å². The van der Waals surface area contributed by atoms with Crippen molar-refractivity contribution in [3.05, 3.63) is 70.8 Å². The third kappa shape index (κ3) is 5.32. The van der Waals surface area contributed by atoms with Crippen molar-refractivity contribution in [1.82, 2.24) is 20.6 Å². The van der Waals surface area contributed by atoms with E-state index in [4.69, 9.17) is 21.1 Å². The molecule has 3 aromatic rings. The van der Waals surface area contributed by atoms with Gasteiger partial charge in [-0.15, -0.1) is 0 Å². The number of hydrogen-bond donors (Lipinski definition) is 2. The summed E-state index contributed by atoms with van der Waals surface area (Å²) >= 11 is 6.30. The summed E-state index contributed by atoms with van der Waals surface area (Å²) in [6.45, 7) is 3.54. The van der Waals surface area contributed by atoms with Gasteiger partial charge < -0.3 is 9.47 Å². The number of amides is 2. The molecule has 0 saturated heterocycles. The number of para-hydroxylation sites is 2. The van der Waals surface area contributed by atoms with E-state index in [-0.39, 0.29) is 17.3 Å². The van der Waals surface area contributed by atoms with E-state index in [1.54, 1.807) is 31.2 Å². The number of hydrogen-bond acceptors (Lipinski definition) is 5. The van der Waals surface area contributed by atoms with Crippen LogP contribution in [0.2, 0.25) is 5.15 Å². The Morgan fingerprint density at radius 2 is 1.71 bits per heavy atom. The number of nitrogens with zero attached hydrogens (tertiary/aromatic N) is 2. The first-order valence-corrected chi connectivity index (χ1v) is 9.73. The molecule has 1 heterocycles. The molecule has 1 aromatic heterocycles. The van der Waals surface area contributed by atoms with Crippen LogP contribution in [-0.2, 0) is 4.79 Å². The van der Waals surface area contributed by atoms with E-state index < -0.39 is 17.6 Å². The number of ether oxygens (including phenoxy) is 2. The summed E-state index contributed by atoms with van der Waals surface area (Å²) in [6.07, 6.45) is 0. The molecule has 0 aliphatic rings. The predicted octanol–water partition coefficient (Wildman–Crippen LogP) is 3.21. The monoisotopic (exact) mass is 446 g/mol. The molecule has 0 saturated carbocycles. The lowest BCUT2D eigenvalue weighted by atomic mass is 10.2. The average molecular weight is 447 g/mol. The van der Waals surface area contributed by atoms with Gasteiger partial charge in [-0.1, -0.05) is 23.7 Å². The lowest BCUT2D eigenvalue weighted by Crippen LogP contribution is -2.44. The Morgan fingerprint density at radius 3 is 2.35 bits per heavy atom. The molecule has 0 bridgehead atoms. The third-order valence-corrected chi connectivity index (χ3v) is 4.47. The van der Waals surface area contributed by atoms with Gasteiger partial charge in [0.1, 0.15) is 16.5 Å². The van der Waals surface area contributed by atoms with Crippen LogP contribution in [0.4, 0.5) is 4.39 Å². The number of aromatic nitrogens is 2. The average Bonchev–Trinajstić information content (AvgIpc) is 3.06. The van der Waals surface area contributed by atoms with Gasteiger partial charge in [0.2, 0.25) is 0 Å². The first-order chi connectivity index (χ1) is 14.9. The van der Waals surface area contributed by atoms with Crippen molar-refractivity contribution < 1.29 is 23.5 Å². The zero-order valence-corrected chi connectivity index (χ0v) is 17.6. The van der Waals surface area contributed by atoms with Crippen molar-refractivity contribution in [3.8, 4) is 17.2 Å². The second-order valence-corrected chi connectivity index (χ2v) is 6.67. The van der Waals surface area contributed by atoms with Crippen LogP contribution in [0.3, 0.4) is 0 Å². The van der Waals surface area contributed by atoms with Gasteiger partial charge in [-0.3, -0.25) is 20.4 Å². The highest BCUT2D eigenvalue weighted by Gasteiger charge is 2.21.